The van der Waals surface area contributed by atoms with Crippen molar-refractivity contribution >= 4 is 23.5 Å². The first kappa shape index (κ1) is 16.1. The van der Waals surface area contributed by atoms with E-state index in [-0.39, 0.29) is 0 Å². The molecule has 1 aromatic heterocycles. The number of aromatic nitrogens is 1. The number of aryl methyl sites for hydroxylation is 1. The zero-order chi connectivity index (χ0) is 15.2. The Balaban J connectivity index is 2.16. The summed E-state index contributed by atoms with van der Waals surface area (Å²) in [4.78, 5) is 15.8. The Morgan fingerprint density at radius 1 is 1.43 bits per heavy atom. The lowest BCUT2D eigenvalue weighted by molar-refractivity contribution is 0.0696. The minimum atomic E-state index is -0.885. The van der Waals surface area contributed by atoms with Gasteiger partial charge in [-0.05, 0) is 37.1 Å². The van der Waals surface area contributed by atoms with E-state index in [1.165, 1.54) is 12.8 Å². The highest BCUT2D eigenvalue weighted by Crippen LogP contribution is 2.32. The monoisotopic (exact) mass is 308 g/mol. The van der Waals surface area contributed by atoms with Gasteiger partial charge in [0, 0.05) is 17.0 Å². The average molecular weight is 308 g/mol. The zero-order valence-electron chi connectivity index (χ0n) is 12.8. The number of rotatable bonds is 7. The zero-order valence-corrected chi connectivity index (χ0v) is 13.6. The number of nitrogens with zero attached hydrogens (tertiary/aromatic N) is 1. The number of anilines is 1. The van der Waals surface area contributed by atoms with Gasteiger partial charge >= 0.3 is 5.97 Å². The molecular formula is C16H24N2O2S. The van der Waals surface area contributed by atoms with E-state index in [1.54, 1.807) is 12.1 Å². The molecular weight excluding hydrogens is 284 g/mol. The molecule has 2 unspecified atom stereocenters. The van der Waals surface area contributed by atoms with Gasteiger partial charge in [-0.25, -0.2) is 9.78 Å². The topological polar surface area (TPSA) is 62.2 Å². The van der Waals surface area contributed by atoms with Crippen molar-refractivity contribution < 1.29 is 9.90 Å². The molecule has 1 aromatic rings. The summed E-state index contributed by atoms with van der Waals surface area (Å²) in [5.74, 6) is 0.947. The Labute approximate surface area is 130 Å². The van der Waals surface area contributed by atoms with Crippen molar-refractivity contribution in [2.45, 2.75) is 57.2 Å². The number of carboxylic acids is 1. The van der Waals surface area contributed by atoms with Crippen LogP contribution in [0.2, 0.25) is 0 Å². The molecule has 4 nitrogen and oxygen atoms in total. The van der Waals surface area contributed by atoms with E-state index in [2.05, 4.69) is 24.1 Å². The van der Waals surface area contributed by atoms with Crippen LogP contribution in [0.3, 0.4) is 0 Å². The van der Waals surface area contributed by atoms with Gasteiger partial charge in [-0.2, -0.15) is 11.8 Å². The van der Waals surface area contributed by atoms with E-state index in [4.69, 9.17) is 0 Å². The van der Waals surface area contributed by atoms with Crippen LogP contribution < -0.4 is 5.32 Å². The molecule has 1 fully saturated rings. The fraction of sp³-hybridized carbons (Fsp3) is 0.625. The Hall–Kier alpha value is -1.23. The minimum Gasteiger partial charge on any atom is -0.478 e. The maximum absolute atomic E-state index is 11.3. The lowest BCUT2D eigenvalue weighted by atomic mass is 10.1. The van der Waals surface area contributed by atoms with Crippen molar-refractivity contribution in [2.24, 2.45) is 0 Å². The van der Waals surface area contributed by atoms with Crippen LogP contribution in [0, 0.1) is 0 Å². The predicted octanol–water partition coefficient (Wildman–Crippen LogP) is 3.82. The van der Waals surface area contributed by atoms with E-state index >= 15 is 0 Å². The van der Waals surface area contributed by atoms with Crippen LogP contribution in [0.5, 0.6) is 0 Å². The van der Waals surface area contributed by atoms with E-state index < -0.39 is 5.97 Å². The second-order valence-corrected chi connectivity index (χ2v) is 6.98. The number of thioether (sulfide) groups is 1. The van der Waals surface area contributed by atoms with Crippen molar-refractivity contribution in [3.8, 4) is 0 Å². The first-order valence-electron chi connectivity index (χ1n) is 7.76. The molecule has 116 valence electrons. The molecule has 0 aromatic carbocycles. The maximum atomic E-state index is 11.3. The Morgan fingerprint density at radius 3 is 2.90 bits per heavy atom. The molecule has 2 rings (SSSR count). The van der Waals surface area contributed by atoms with Gasteiger partial charge in [0.15, 0.2) is 0 Å². The van der Waals surface area contributed by atoms with Crippen molar-refractivity contribution in [1.82, 2.24) is 4.98 Å². The quantitative estimate of drug-likeness (QED) is 0.802. The van der Waals surface area contributed by atoms with Crippen LogP contribution in [-0.2, 0) is 6.42 Å². The third-order valence-electron chi connectivity index (χ3n) is 3.80. The number of hydrogen-bond acceptors (Lipinski definition) is 4. The van der Waals surface area contributed by atoms with E-state index in [0.29, 0.717) is 22.7 Å². The van der Waals surface area contributed by atoms with Crippen LogP contribution in [0.15, 0.2) is 12.1 Å². The summed E-state index contributed by atoms with van der Waals surface area (Å²) in [7, 11) is 0. The van der Waals surface area contributed by atoms with Gasteiger partial charge in [-0.15, -0.1) is 0 Å². The molecule has 5 heteroatoms. The Kier molecular flexibility index (Phi) is 5.91. The SMILES string of the molecule is CCCc1cc(C(=O)O)cc(NC2CCCC2SCC)n1. The lowest BCUT2D eigenvalue weighted by Gasteiger charge is -2.21. The van der Waals surface area contributed by atoms with Gasteiger partial charge in [-0.1, -0.05) is 26.7 Å². The summed E-state index contributed by atoms with van der Waals surface area (Å²) in [5, 5.41) is 13.3. The largest absolute Gasteiger partial charge is 0.478 e. The first-order valence-corrected chi connectivity index (χ1v) is 8.81. The summed E-state index contributed by atoms with van der Waals surface area (Å²) < 4.78 is 0. The van der Waals surface area contributed by atoms with E-state index in [0.717, 1.165) is 30.7 Å². The second-order valence-electron chi connectivity index (χ2n) is 5.46. The second kappa shape index (κ2) is 7.69. The van der Waals surface area contributed by atoms with E-state index in [9.17, 15) is 9.90 Å². The fourth-order valence-electron chi connectivity index (χ4n) is 2.86. The number of hydrogen-bond donors (Lipinski definition) is 2. The predicted molar refractivity (Wildman–Crippen MR) is 88.4 cm³/mol. The minimum absolute atomic E-state index is 0.327. The third kappa shape index (κ3) is 4.37. The van der Waals surface area contributed by atoms with Crippen LogP contribution in [0.1, 0.15) is 55.6 Å². The molecule has 0 spiro atoms. The molecule has 2 N–H and O–H groups in total. The summed E-state index contributed by atoms with van der Waals surface area (Å²) >= 11 is 1.98. The van der Waals surface area contributed by atoms with Crippen LogP contribution in [0.25, 0.3) is 0 Å². The summed E-state index contributed by atoms with van der Waals surface area (Å²) in [6, 6.07) is 3.75. The molecule has 2 atom stereocenters. The number of nitrogens with one attached hydrogen (secondary N) is 1. The smallest absolute Gasteiger partial charge is 0.335 e. The van der Waals surface area contributed by atoms with Gasteiger partial charge in [0.2, 0.25) is 0 Å². The van der Waals surface area contributed by atoms with Gasteiger partial charge < -0.3 is 10.4 Å². The Morgan fingerprint density at radius 2 is 2.24 bits per heavy atom. The standard InChI is InChI=1S/C16H24N2O2S/c1-3-6-12-9-11(16(19)20)10-15(17-12)18-13-7-5-8-14(13)21-4-2/h9-10,13-14H,3-8H2,1-2H3,(H,17,18)(H,19,20). The third-order valence-corrected chi connectivity index (χ3v) is 5.12. The summed E-state index contributed by atoms with van der Waals surface area (Å²) in [5.41, 5.74) is 1.19. The normalized spacial score (nSPS) is 21.4. The number of carbonyl (C=O) groups is 1. The molecule has 21 heavy (non-hydrogen) atoms. The lowest BCUT2D eigenvalue weighted by Crippen LogP contribution is -2.27. The van der Waals surface area contributed by atoms with Crippen LogP contribution >= 0.6 is 11.8 Å². The maximum Gasteiger partial charge on any atom is 0.335 e. The van der Waals surface area contributed by atoms with Gasteiger partial charge in [0.25, 0.3) is 0 Å². The number of pyridine rings is 1. The molecule has 1 aliphatic rings. The average Bonchev–Trinajstić information content (AvgIpc) is 2.86. The Bertz CT molecular complexity index is 493. The molecule has 0 saturated heterocycles. The highest BCUT2D eigenvalue weighted by molar-refractivity contribution is 7.99. The molecule has 0 radical (unpaired) electrons. The van der Waals surface area contributed by atoms with Crippen molar-refractivity contribution in [2.75, 3.05) is 11.1 Å². The van der Waals surface area contributed by atoms with Gasteiger partial charge in [-0.3, -0.25) is 0 Å². The van der Waals surface area contributed by atoms with Gasteiger partial charge in [0.05, 0.1) is 5.56 Å². The van der Waals surface area contributed by atoms with Gasteiger partial charge in [0.1, 0.15) is 5.82 Å². The van der Waals surface area contributed by atoms with Crippen molar-refractivity contribution in [1.29, 1.82) is 0 Å². The van der Waals surface area contributed by atoms with Crippen molar-refractivity contribution in [3.63, 3.8) is 0 Å². The van der Waals surface area contributed by atoms with Crippen LogP contribution in [0.4, 0.5) is 5.82 Å². The molecule has 0 amide bonds. The number of aromatic carboxylic acids is 1. The summed E-state index contributed by atoms with van der Waals surface area (Å²) in [6.45, 7) is 4.26. The molecule has 1 saturated carbocycles. The highest BCUT2D eigenvalue weighted by Gasteiger charge is 2.27. The number of carboxylic acid groups (broad SMARTS) is 1. The summed E-state index contributed by atoms with van der Waals surface area (Å²) in [6.07, 6.45) is 5.38. The molecule has 0 bridgehead atoms. The van der Waals surface area contributed by atoms with E-state index in [1.807, 2.05) is 11.8 Å². The van der Waals surface area contributed by atoms with Crippen LogP contribution in [-0.4, -0.2) is 33.1 Å². The fourth-order valence-corrected chi connectivity index (χ4v) is 4.06. The molecule has 1 heterocycles. The molecule has 0 aliphatic heterocycles. The molecule has 1 aliphatic carbocycles. The first-order chi connectivity index (χ1) is 10.1. The highest BCUT2D eigenvalue weighted by atomic mass is 32.2. The van der Waals surface area contributed by atoms with Crippen molar-refractivity contribution in [3.05, 3.63) is 23.4 Å².